The second-order valence-electron chi connectivity index (χ2n) is 6.19. The highest BCUT2D eigenvalue weighted by atomic mass is 16.2. The average Bonchev–Trinajstić information content (AvgIpc) is 2.98. The predicted molar refractivity (Wildman–Crippen MR) is 89.2 cm³/mol. The minimum Gasteiger partial charge on any atom is -0.351 e. The number of aromatic nitrogens is 2. The summed E-state index contributed by atoms with van der Waals surface area (Å²) in [5.74, 6) is 2.24. The molecule has 2 aliphatic rings. The number of nitrogens with zero attached hydrogens (tertiary/aromatic N) is 5. The summed E-state index contributed by atoms with van der Waals surface area (Å²) in [6, 6.07) is 0. The monoisotopic (exact) mass is 318 g/mol. The molecule has 3 heterocycles. The second kappa shape index (κ2) is 7.02. The van der Waals surface area contributed by atoms with Crippen molar-refractivity contribution in [1.29, 1.82) is 0 Å². The Hall–Kier alpha value is -2.05. The molecular formula is C16H26N6O. The average molecular weight is 318 g/mol. The SMILES string of the molecule is CN=C(NCc1cn2c(n1)CCCC2)N1CCN(C(C)=O)CC1. The van der Waals surface area contributed by atoms with Gasteiger partial charge in [-0.15, -0.1) is 0 Å². The minimum atomic E-state index is 0.149. The lowest BCUT2D eigenvalue weighted by Crippen LogP contribution is -2.53. The summed E-state index contributed by atoms with van der Waals surface area (Å²) in [6.07, 6.45) is 5.73. The normalized spacial score (nSPS) is 18.8. The van der Waals surface area contributed by atoms with Crippen molar-refractivity contribution in [3.63, 3.8) is 0 Å². The molecule has 2 aliphatic heterocycles. The highest BCUT2D eigenvalue weighted by molar-refractivity contribution is 5.80. The van der Waals surface area contributed by atoms with E-state index >= 15 is 0 Å². The van der Waals surface area contributed by atoms with Gasteiger partial charge in [-0.25, -0.2) is 4.98 Å². The first-order valence-electron chi connectivity index (χ1n) is 8.43. The van der Waals surface area contributed by atoms with E-state index in [0.29, 0.717) is 6.54 Å². The summed E-state index contributed by atoms with van der Waals surface area (Å²) in [6.45, 7) is 6.56. The summed E-state index contributed by atoms with van der Waals surface area (Å²) in [4.78, 5) is 24.6. The molecule has 1 fully saturated rings. The maximum absolute atomic E-state index is 11.4. The molecule has 0 atom stereocenters. The molecule has 3 rings (SSSR count). The van der Waals surface area contributed by atoms with Crippen molar-refractivity contribution in [2.75, 3.05) is 33.2 Å². The summed E-state index contributed by atoms with van der Waals surface area (Å²) in [7, 11) is 1.80. The van der Waals surface area contributed by atoms with Crippen LogP contribution in [0.15, 0.2) is 11.2 Å². The summed E-state index contributed by atoms with van der Waals surface area (Å²) in [5.41, 5.74) is 1.07. The third-order valence-electron chi connectivity index (χ3n) is 4.62. The van der Waals surface area contributed by atoms with E-state index in [-0.39, 0.29) is 5.91 Å². The number of carbonyl (C=O) groups is 1. The number of nitrogens with one attached hydrogen (secondary N) is 1. The molecule has 0 spiro atoms. The molecule has 23 heavy (non-hydrogen) atoms. The molecule has 7 nitrogen and oxygen atoms in total. The predicted octanol–water partition coefficient (Wildman–Crippen LogP) is 0.459. The number of hydrogen-bond donors (Lipinski definition) is 1. The van der Waals surface area contributed by atoms with Crippen molar-refractivity contribution >= 4 is 11.9 Å². The highest BCUT2D eigenvalue weighted by Gasteiger charge is 2.21. The Bertz CT molecular complexity index is 562. The number of aliphatic imine (C=N–C) groups is 1. The Balaban J connectivity index is 1.54. The van der Waals surface area contributed by atoms with Gasteiger partial charge in [-0.05, 0) is 12.8 Å². The zero-order chi connectivity index (χ0) is 16.2. The quantitative estimate of drug-likeness (QED) is 0.635. The Kier molecular flexibility index (Phi) is 4.83. The van der Waals surface area contributed by atoms with Crippen molar-refractivity contribution in [1.82, 2.24) is 24.7 Å². The third kappa shape index (κ3) is 3.65. The molecule has 1 N–H and O–H groups in total. The van der Waals surface area contributed by atoms with E-state index in [4.69, 9.17) is 4.98 Å². The van der Waals surface area contributed by atoms with Crippen molar-refractivity contribution in [3.8, 4) is 0 Å². The zero-order valence-corrected chi connectivity index (χ0v) is 14.1. The molecule has 1 saturated heterocycles. The van der Waals surface area contributed by atoms with Crippen LogP contribution in [0.5, 0.6) is 0 Å². The molecular weight excluding hydrogens is 292 g/mol. The van der Waals surface area contributed by atoms with Crippen LogP contribution in [-0.4, -0.2) is 64.4 Å². The van der Waals surface area contributed by atoms with Crippen LogP contribution in [0.3, 0.4) is 0 Å². The van der Waals surface area contributed by atoms with Crippen LogP contribution >= 0.6 is 0 Å². The number of carbonyl (C=O) groups excluding carboxylic acids is 1. The molecule has 0 aromatic carbocycles. The molecule has 126 valence electrons. The van der Waals surface area contributed by atoms with Crippen LogP contribution in [0.25, 0.3) is 0 Å². The summed E-state index contributed by atoms with van der Waals surface area (Å²) < 4.78 is 2.27. The lowest BCUT2D eigenvalue weighted by Gasteiger charge is -2.36. The Morgan fingerprint density at radius 2 is 1.96 bits per heavy atom. The number of fused-ring (bicyclic) bond motifs is 1. The highest BCUT2D eigenvalue weighted by Crippen LogP contribution is 2.14. The van der Waals surface area contributed by atoms with E-state index in [2.05, 4.69) is 26.0 Å². The van der Waals surface area contributed by atoms with Crippen molar-refractivity contribution in [2.45, 2.75) is 39.3 Å². The van der Waals surface area contributed by atoms with Gasteiger partial charge < -0.3 is 19.7 Å². The van der Waals surface area contributed by atoms with Crippen LogP contribution in [-0.2, 0) is 24.3 Å². The maximum Gasteiger partial charge on any atom is 0.219 e. The van der Waals surface area contributed by atoms with Gasteiger partial charge in [-0.1, -0.05) is 0 Å². The van der Waals surface area contributed by atoms with Crippen LogP contribution < -0.4 is 5.32 Å². The smallest absolute Gasteiger partial charge is 0.219 e. The maximum atomic E-state index is 11.4. The fourth-order valence-electron chi connectivity index (χ4n) is 3.29. The van der Waals surface area contributed by atoms with Gasteiger partial charge in [0.1, 0.15) is 5.82 Å². The second-order valence-corrected chi connectivity index (χ2v) is 6.19. The van der Waals surface area contributed by atoms with E-state index in [9.17, 15) is 4.79 Å². The third-order valence-corrected chi connectivity index (χ3v) is 4.62. The number of aryl methyl sites for hydroxylation is 2. The number of hydrogen-bond acceptors (Lipinski definition) is 3. The number of amides is 1. The van der Waals surface area contributed by atoms with E-state index in [1.54, 1.807) is 14.0 Å². The van der Waals surface area contributed by atoms with Crippen LogP contribution in [0.4, 0.5) is 0 Å². The van der Waals surface area contributed by atoms with Gasteiger partial charge in [0, 0.05) is 59.3 Å². The van der Waals surface area contributed by atoms with Crippen molar-refractivity contribution in [3.05, 3.63) is 17.7 Å². The first-order chi connectivity index (χ1) is 11.2. The molecule has 1 amide bonds. The summed E-state index contributed by atoms with van der Waals surface area (Å²) >= 11 is 0. The molecule has 0 radical (unpaired) electrons. The number of piperazine rings is 1. The lowest BCUT2D eigenvalue weighted by molar-refractivity contribution is -0.130. The minimum absolute atomic E-state index is 0.149. The lowest BCUT2D eigenvalue weighted by atomic mass is 10.2. The molecule has 0 unspecified atom stereocenters. The fraction of sp³-hybridized carbons (Fsp3) is 0.688. The van der Waals surface area contributed by atoms with Crippen molar-refractivity contribution in [2.24, 2.45) is 4.99 Å². The summed E-state index contributed by atoms with van der Waals surface area (Å²) in [5, 5.41) is 3.41. The van der Waals surface area contributed by atoms with E-state index in [0.717, 1.165) is 50.8 Å². The Morgan fingerprint density at radius 1 is 1.22 bits per heavy atom. The van der Waals surface area contributed by atoms with Gasteiger partial charge in [0.15, 0.2) is 5.96 Å². The number of guanidine groups is 1. The molecule has 0 saturated carbocycles. The molecule has 1 aromatic heterocycles. The van der Waals surface area contributed by atoms with Crippen molar-refractivity contribution < 1.29 is 4.79 Å². The van der Waals surface area contributed by atoms with Gasteiger partial charge in [-0.3, -0.25) is 9.79 Å². The standard InChI is InChI=1S/C16H26N6O/c1-13(23)20-7-9-21(10-8-20)16(17-2)18-11-14-12-22-6-4-3-5-15(22)19-14/h12H,3-11H2,1-2H3,(H,17,18). The van der Waals surface area contributed by atoms with Gasteiger partial charge in [0.2, 0.25) is 5.91 Å². The number of imidazole rings is 1. The van der Waals surface area contributed by atoms with E-state index < -0.39 is 0 Å². The first kappa shape index (κ1) is 15.8. The molecule has 7 heteroatoms. The van der Waals surface area contributed by atoms with Gasteiger partial charge >= 0.3 is 0 Å². The van der Waals surface area contributed by atoms with Crippen LogP contribution in [0.2, 0.25) is 0 Å². The Morgan fingerprint density at radius 3 is 2.61 bits per heavy atom. The molecule has 0 aliphatic carbocycles. The first-order valence-corrected chi connectivity index (χ1v) is 8.43. The van der Waals surface area contributed by atoms with E-state index in [1.807, 2.05) is 4.90 Å². The fourth-order valence-corrected chi connectivity index (χ4v) is 3.29. The van der Waals surface area contributed by atoms with Crippen LogP contribution in [0, 0.1) is 0 Å². The van der Waals surface area contributed by atoms with Gasteiger partial charge in [-0.2, -0.15) is 0 Å². The molecule has 1 aromatic rings. The zero-order valence-electron chi connectivity index (χ0n) is 14.1. The number of rotatable bonds is 2. The largest absolute Gasteiger partial charge is 0.351 e. The van der Waals surface area contributed by atoms with Gasteiger partial charge in [0.25, 0.3) is 0 Å². The van der Waals surface area contributed by atoms with Gasteiger partial charge in [0.05, 0.1) is 12.2 Å². The topological polar surface area (TPSA) is 65.8 Å². The van der Waals surface area contributed by atoms with Crippen LogP contribution in [0.1, 0.15) is 31.3 Å². The van der Waals surface area contributed by atoms with E-state index in [1.165, 1.54) is 18.7 Å². The Labute approximate surface area is 137 Å². The molecule has 0 bridgehead atoms.